The van der Waals surface area contributed by atoms with Crippen molar-refractivity contribution in [2.75, 3.05) is 5.75 Å². The third-order valence-electron chi connectivity index (χ3n) is 3.74. The second-order valence-corrected chi connectivity index (χ2v) is 7.43. The molecule has 0 fully saturated rings. The summed E-state index contributed by atoms with van der Waals surface area (Å²) in [5.41, 5.74) is 4.21. The molecule has 1 amide bonds. The summed E-state index contributed by atoms with van der Waals surface area (Å²) in [6, 6.07) is 14.9. The molecule has 6 nitrogen and oxygen atoms in total. The van der Waals surface area contributed by atoms with Crippen LogP contribution in [0.2, 0.25) is 10.0 Å². The van der Waals surface area contributed by atoms with Gasteiger partial charge in [-0.3, -0.25) is 4.79 Å². The minimum Gasteiger partial charge on any atom is -0.302 e. The molecule has 0 saturated carbocycles. The summed E-state index contributed by atoms with van der Waals surface area (Å²) >= 11 is 13.1. The molecule has 0 atom stereocenters. The average molecular weight is 434 g/mol. The van der Waals surface area contributed by atoms with Crippen LogP contribution >= 0.6 is 35.0 Å². The van der Waals surface area contributed by atoms with Gasteiger partial charge in [-0.05, 0) is 24.6 Å². The molecule has 0 aliphatic heterocycles. The number of nitrogens with zero attached hydrogens (tertiary/aromatic N) is 4. The zero-order valence-electron chi connectivity index (χ0n) is 15.0. The summed E-state index contributed by atoms with van der Waals surface area (Å²) in [6.45, 7) is 2.72. The first kappa shape index (κ1) is 20.4. The van der Waals surface area contributed by atoms with E-state index in [1.807, 2.05) is 41.8 Å². The second-order valence-electron chi connectivity index (χ2n) is 5.67. The van der Waals surface area contributed by atoms with Gasteiger partial charge in [0.25, 0.3) is 5.91 Å². The van der Waals surface area contributed by atoms with E-state index in [2.05, 4.69) is 20.7 Å². The Balaban J connectivity index is 1.58. The smallest absolute Gasteiger partial charge is 0.250 e. The van der Waals surface area contributed by atoms with E-state index >= 15 is 0 Å². The summed E-state index contributed by atoms with van der Waals surface area (Å²) in [5.74, 6) is 0.711. The fourth-order valence-corrected chi connectivity index (χ4v) is 3.52. The van der Waals surface area contributed by atoms with Gasteiger partial charge in [-0.1, -0.05) is 71.4 Å². The van der Waals surface area contributed by atoms with E-state index in [0.717, 1.165) is 17.0 Å². The van der Waals surface area contributed by atoms with Gasteiger partial charge in [-0.15, -0.1) is 10.2 Å². The summed E-state index contributed by atoms with van der Waals surface area (Å²) in [5, 5.41) is 14.0. The quantitative estimate of drug-likeness (QED) is 0.337. The normalized spacial score (nSPS) is 11.1. The summed E-state index contributed by atoms with van der Waals surface area (Å²) in [4.78, 5) is 12.1. The first-order valence-electron chi connectivity index (χ1n) is 8.47. The molecule has 0 bridgehead atoms. The van der Waals surface area contributed by atoms with Gasteiger partial charge in [0.15, 0.2) is 11.0 Å². The Bertz CT molecular complexity index is 991. The van der Waals surface area contributed by atoms with Crippen molar-refractivity contribution in [3.8, 4) is 11.4 Å². The van der Waals surface area contributed by atoms with Crippen molar-refractivity contribution in [3.05, 3.63) is 64.1 Å². The van der Waals surface area contributed by atoms with E-state index < -0.39 is 0 Å². The first-order valence-corrected chi connectivity index (χ1v) is 10.2. The molecular weight excluding hydrogens is 417 g/mol. The fourth-order valence-electron chi connectivity index (χ4n) is 2.42. The van der Waals surface area contributed by atoms with Gasteiger partial charge in [-0.25, -0.2) is 5.43 Å². The number of hydrogen-bond donors (Lipinski definition) is 1. The highest BCUT2D eigenvalue weighted by atomic mass is 35.5. The largest absolute Gasteiger partial charge is 0.302 e. The molecule has 0 spiro atoms. The van der Waals surface area contributed by atoms with E-state index in [4.69, 9.17) is 23.2 Å². The lowest BCUT2D eigenvalue weighted by atomic mass is 10.2. The maximum Gasteiger partial charge on any atom is 0.250 e. The van der Waals surface area contributed by atoms with Crippen LogP contribution in [0.25, 0.3) is 11.4 Å². The standard InChI is InChI=1S/C19H17Cl2N5OS/c1-2-26-18(14-6-4-3-5-7-14)24-25-19(26)28-12-17(27)23-22-11-13-8-9-15(20)16(21)10-13/h3-11H,2,12H2,1H3,(H,23,27)/b22-11+. The van der Waals surface area contributed by atoms with Crippen LogP contribution in [0.15, 0.2) is 58.8 Å². The van der Waals surface area contributed by atoms with E-state index in [1.165, 1.54) is 18.0 Å². The molecule has 144 valence electrons. The van der Waals surface area contributed by atoms with Crippen LogP contribution in [-0.4, -0.2) is 32.6 Å². The summed E-state index contributed by atoms with van der Waals surface area (Å²) < 4.78 is 1.98. The van der Waals surface area contributed by atoms with Crippen LogP contribution in [-0.2, 0) is 11.3 Å². The predicted molar refractivity (Wildman–Crippen MR) is 114 cm³/mol. The van der Waals surface area contributed by atoms with Crippen molar-refractivity contribution in [1.82, 2.24) is 20.2 Å². The highest BCUT2D eigenvalue weighted by molar-refractivity contribution is 7.99. The molecular formula is C19H17Cl2N5OS. The average Bonchev–Trinajstić information content (AvgIpc) is 3.12. The van der Waals surface area contributed by atoms with Crippen LogP contribution in [0.4, 0.5) is 0 Å². The number of nitrogens with one attached hydrogen (secondary N) is 1. The van der Waals surface area contributed by atoms with Gasteiger partial charge in [0.1, 0.15) is 0 Å². The summed E-state index contributed by atoms with van der Waals surface area (Å²) in [7, 11) is 0. The number of carbonyl (C=O) groups excluding carboxylic acids is 1. The molecule has 0 aliphatic rings. The van der Waals surface area contributed by atoms with E-state index in [9.17, 15) is 4.79 Å². The van der Waals surface area contributed by atoms with Crippen molar-refractivity contribution in [3.63, 3.8) is 0 Å². The molecule has 9 heteroatoms. The molecule has 1 N–H and O–H groups in total. The highest BCUT2D eigenvalue weighted by Crippen LogP contribution is 2.24. The third kappa shape index (κ3) is 5.13. The third-order valence-corrected chi connectivity index (χ3v) is 5.45. The maximum absolute atomic E-state index is 12.1. The van der Waals surface area contributed by atoms with Crippen LogP contribution in [0.3, 0.4) is 0 Å². The van der Waals surface area contributed by atoms with Crippen molar-refractivity contribution in [1.29, 1.82) is 0 Å². The lowest BCUT2D eigenvalue weighted by Crippen LogP contribution is -2.20. The van der Waals surface area contributed by atoms with Gasteiger partial charge in [0, 0.05) is 12.1 Å². The van der Waals surface area contributed by atoms with Gasteiger partial charge in [0.05, 0.1) is 22.0 Å². The Morgan fingerprint density at radius 3 is 2.68 bits per heavy atom. The minimum atomic E-state index is -0.242. The first-order chi connectivity index (χ1) is 13.6. The number of hydrogen-bond acceptors (Lipinski definition) is 5. The zero-order valence-corrected chi connectivity index (χ0v) is 17.3. The topological polar surface area (TPSA) is 72.2 Å². The molecule has 1 aromatic heterocycles. The monoisotopic (exact) mass is 433 g/mol. The Labute approximate surface area is 177 Å². The number of hydrazone groups is 1. The van der Waals surface area contributed by atoms with Crippen molar-refractivity contribution in [2.24, 2.45) is 5.10 Å². The number of rotatable bonds is 7. The molecule has 28 heavy (non-hydrogen) atoms. The highest BCUT2D eigenvalue weighted by Gasteiger charge is 2.14. The Morgan fingerprint density at radius 1 is 1.18 bits per heavy atom. The minimum absolute atomic E-state index is 0.172. The number of amides is 1. The summed E-state index contributed by atoms with van der Waals surface area (Å²) in [6.07, 6.45) is 1.51. The number of thioether (sulfide) groups is 1. The Kier molecular flexibility index (Phi) is 7.08. The molecule has 0 radical (unpaired) electrons. The molecule has 1 heterocycles. The molecule has 2 aromatic carbocycles. The lowest BCUT2D eigenvalue weighted by Gasteiger charge is -2.06. The van der Waals surface area contributed by atoms with Crippen LogP contribution in [0.1, 0.15) is 12.5 Å². The number of aromatic nitrogens is 3. The Morgan fingerprint density at radius 2 is 1.96 bits per heavy atom. The molecule has 3 rings (SSSR count). The van der Waals surface area contributed by atoms with Gasteiger partial charge >= 0.3 is 0 Å². The van der Waals surface area contributed by atoms with Crippen LogP contribution in [0, 0.1) is 0 Å². The maximum atomic E-state index is 12.1. The van der Waals surface area contributed by atoms with Gasteiger partial charge in [0.2, 0.25) is 0 Å². The second kappa shape index (κ2) is 9.73. The molecule has 0 aliphatic carbocycles. The van der Waals surface area contributed by atoms with Gasteiger partial charge in [-0.2, -0.15) is 5.10 Å². The van der Waals surface area contributed by atoms with E-state index in [1.54, 1.807) is 18.2 Å². The number of carbonyl (C=O) groups is 1. The zero-order chi connectivity index (χ0) is 19.9. The fraction of sp³-hybridized carbons (Fsp3) is 0.158. The van der Waals surface area contributed by atoms with Crippen LogP contribution in [0.5, 0.6) is 0 Å². The Hall–Kier alpha value is -2.35. The SMILES string of the molecule is CCn1c(SCC(=O)N/N=C/c2ccc(Cl)c(Cl)c2)nnc1-c1ccccc1. The van der Waals surface area contributed by atoms with Crippen molar-refractivity contribution in [2.45, 2.75) is 18.6 Å². The van der Waals surface area contributed by atoms with Crippen molar-refractivity contribution >= 4 is 47.1 Å². The molecule has 0 unspecified atom stereocenters. The number of halogens is 2. The molecule has 3 aromatic rings. The van der Waals surface area contributed by atoms with E-state index in [0.29, 0.717) is 21.7 Å². The number of benzene rings is 2. The molecule has 0 saturated heterocycles. The lowest BCUT2D eigenvalue weighted by molar-refractivity contribution is -0.118. The predicted octanol–water partition coefficient (Wildman–Crippen LogP) is 4.51. The van der Waals surface area contributed by atoms with Crippen LogP contribution < -0.4 is 5.43 Å². The van der Waals surface area contributed by atoms with E-state index in [-0.39, 0.29) is 11.7 Å². The van der Waals surface area contributed by atoms with Gasteiger partial charge < -0.3 is 4.57 Å². The van der Waals surface area contributed by atoms with Crippen molar-refractivity contribution < 1.29 is 4.79 Å².